The summed E-state index contributed by atoms with van der Waals surface area (Å²) in [6.45, 7) is 2.54. The maximum atomic E-state index is 12.1. The van der Waals surface area contributed by atoms with Crippen molar-refractivity contribution in [2.24, 2.45) is 0 Å². The van der Waals surface area contributed by atoms with Crippen molar-refractivity contribution in [3.05, 3.63) is 23.8 Å². The Balaban J connectivity index is 2.94. The summed E-state index contributed by atoms with van der Waals surface area (Å²) in [5.74, 6) is -0.727. The number of urea groups is 1. The third-order valence-electron chi connectivity index (χ3n) is 2.85. The standard InChI is InChI=1S/C14H17N3O4/c1-3-17(8-4-7-15)14(20)16-11-9-10(13(18)19)5-6-12(11)21-2/h5-6,9H,3-4,8H2,1-2H3,(H,16,20)(H,18,19). The number of amides is 2. The van der Waals surface area contributed by atoms with Gasteiger partial charge in [0.15, 0.2) is 0 Å². The first-order valence-corrected chi connectivity index (χ1v) is 6.37. The van der Waals surface area contributed by atoms with Gasteiger partial charge in [-0.2, -0.15) is 5.26 Å². The number of rotatable bonds is 6. The van der Waals surface area contributed by atoms with Crippen LogP contribution in [0.4, 0.5) is 10.5 Å². The van der Waals surface area contributed by atoms with Crippen molar-refractivity contribution in [3.63, 3.8) is 0 Å². The number of ether oxygens (including phenoxy) is 1. The normalized spacial score (nSPS) is 9.57. The maximum Gasteiger partial charge on any atom is 0.335 e. The van der Waals surface area contributed by atoms with E-state index in [-0.39, 0.29) is 17.7 Å². The molecule has 1 aromatic carbocycles. The first kappa shape index (κ1) is 16.3. The molecule has 0 radical (unpaired) electrons. The minimum Gasteiger partial charge on any atom is -0.495 e. The van der Waals surface area contributed by atoms with Gasteiger partial charge in [0.2, 0.25) is 0 Å². The number of aromatic carboxylic acids is 1. The van der Waals surface area contributed by atoms with Crippen molar-refractivity contribution in [1.29, 1.82) is 5.26 Å². The summed E-state index contributed by atoms with van der Waals surface area (Å²) in [6.07, 6.45) is 0.230. The zero-order valence-electron chi connectivity index (χ0n) is 11.9. The van der Waals surface area contributed by atoms with E-state index >= 15 is 0 Å². The molecule has 1 aromatic rings. The van der Waals surface area contributed by atoms with Crippen LogP contribution in [0.3, 0.4) is 0 Å². The van der Waals surface area contributed by atoms with Crippen molar-refractivity contribution in [3.8, 4) is 11.8 Å². The lowest BCUT2D eigenvalue weighted by molar-refractivity contribution is 0.0697. The molecule has 0 spiro atoms. The Bertz CT molecular complexity index is 566. The van der Waals surface area contributed by atoms with Crippen molar-refractivity contribution in [2.45, 2.75) is 13.3 Å². The molecule has 0 aromatic heterocycles. The first-order valence-electron chi connectivity index (χ1n) is 6.37. The van der Waals surface area contributed by atoms with Gasteiger partial charge in [-0.15, -0.1) is 0 Å². The molecule has 112 valence electrons. The van der Waals surface area contributed by atoms with Gasteiger partial charge in [-0.3, -0.25) is 0 Å². The Hall–Kier alpha value is -2.75. The SMILES string of the molecule is CCN(CCC#N)C(=O)Nc1cc(C(=O)O)ccc1OC. The average Bonchev–Trinajstić information content (AvgIpc) is 2.47. The van der Waals surface area contributed by atoms with Gasteiger partial charge < -0.3 is 20.1 Å². The van der Waals surface area contributed by atoms with Crippen LogP contribution >= 0.6 is 0 Å². The van der Waals surface area contributed by atoms with Crippen molar-refractivity contribution in [1.82, 2.24) is 4.90 Å². The van der Waals surface area contributed by atoms with Gasteiger partial charge in [0, 0.05) is 13.1 Å². The predicted molar refractivity (Wildman–Crippen MR) is 76.4 cm³/mol. The minimum atomic E-state index is -1.09. The molecule has 2 amide bonds. The Labute approximate surface area is 122 Å². The molecule has 0 atom stereocenters. The molecule has 7 nitrogen and oxygen atoms in total. The lowest BCUT2D eigenvalue weighted by Crippen LogP contribution is -2.35. The van der Waals surface area contributed by atoms with Gasteiger partial charge in [0.25, 0.3) is 0 Å². The van der Waals surface area contributed by atoms with E-state index in [0.717, 1.165) is 0 Å². The van der Waals surface area contributed by atoms with Crippen LogP contribution in [0.25, 0.3) is 0 Å². The van der Waals surface area contributed by atoms with Gasteiger partial charge in [-0.25, -0.2) is 9.59 Å². The van der Waals surface area contributed by atoms with Crippen LogP contribution in [0.5, 0.6) is 5.75 Å². The molecule has 0 saturated carbocycles. The van der Waals surface area contributed by atoms with Crippen LogP contribution < -0.4 is 10.1 Å². The Morgan fingerprint density at radius 1 is 1.48 bits per heavy atom. The fourth-order valence-electron chi connectivity index (χ4n) is 1.72. The van der Waals surface area contributed by atoms with Crippen LogP contribution in [0.15, 0.2) is 18.2 Å². The second kappa shape index (κ2) is 7.75. The lowest BCUT2D eigenvalue weighted by Gasteiger charge is -2.21. The quantitative estimate of drug-likeness (QED) is 0.836. The Morgan fingerprint density at radius 2 is 2.19 bits per heavy atom. The smallest absolute Gasteiger partial charge is 0.335 e. The van der Waals surface area contributed by atoms with Crippen LogP contribution in [-0.4, -0.2) is 42.2 Å². The maximum absolute atomic E-state index is 12.1. The summed E-state index contributed by atoms with van der Waals surface area (Å²) in [6, 6.07) is 5.77. The number of anilines is 1. The highest BCUT2D eigenvalue weighted by molar-refractivity contribution is 5.94. The van der Waals surface area contributed by atoms with Crippen LogP contribution in [0.2, 0.25) is 0 Å². The summed E-state index contributed by atoms with van der Waals surface area (Å²) >= 11 is 0. The predicted octanol–water partition coefficient (Wildman–Crippen LogP) is 2.16. The van der Waals surface area contributed by atoms with E-state index in [2.05, 4.69) is 5.32 Å². The van der Waals surface area contributed by atoms with E-state index in [1.165, 1.54) is 30.2 Å². The zero-order chi connectivity index (χ0) is 15.8. The Morgan fingerprint density at radius 3 is 2.71 bits per heavy atom. The molecule has 0 aliphatic heterocycles. The molecule has 0 fully saturated rings. The van der Waals surface area contributed by atoms with E-state index < -0.39 is 12.0 Å². The molecule has 2 N–H and O–H groups in total. The summed E-state index contributed by atoms with van der Waals surface area (Å²) in [7, 11) is 1.43. The largest absolute Gasteiger partial charge is 0.495 e. The second-order valence-electron chi connectivity index (χ2n) is 4.14. The van der Waals surface area contributed by atoms with Crippen LogP contribution in [-0.2, 0) is 0 Å². The second-order valence-corrected chi connectivity index (χ2v) is 4.14. The van der Waals surface area contributed by atoms with Crippen molar-refractivity contribution in [2.75, 3.05) is 25.5 Å². The molecule has 0 aliphatic rings. The number of nitriles is 1. The number of hydrogen-bond acceptors (Lipinski definition) is 4. The molecule has 0 aliphatic carbocycles. The van der Waals surface area contributed by atoms with Crippen molar-refractivity contribution >= 4 is 17.7 Å². The van der Waals surface area contributed by atoms with Gasteiger partial charge in [0.05, 0.1) is 30.9 Å². The van der Waals surface area contributed by atoms with E-state index in [1.807, 2.05) is 6.07 Å². The molecular weight excluding hydrogens is 274 g/mol. The summed E-state index contributed by atoms with van der Waals surface area (Å²) < 4.78 is 5.10. The first-order chi connectivity index (χ1) is 10.0. The van der Waals surface area contributed by atoms with Crippen LogP contribution in [0.1, 0.15) is 23.7 Å². The van der Waals surface area contributed by atoms with Gasteiger partial charge in [0.1, 0.15) is 5.75 Å². The number of carboxylic acids is 1. The zero-order valence-corrected chi connectivity index (χ0v) is 11.9. The number of nitrogens with zero attached hydrogens (tertiary/aromatic N) is 2. The fraction of sp³-hybridized carbons (Fsp3) is 0.357. The number of benzene rings is 1. The number of carbonyl (C=O) groups excluding carboxylic acids is 1. The number of carboxylic acid groups (broad SMARTS) is 1. The molecular formula is C14H17N3O4. The molecule has 0 heterocycles. The third-order valence-corrected chi connectivity index (χ3v) is 2.85. The molecule has 0 saturated heterocycles. The average molecular weight is 291 g/mol. The van der Waals surface area contributed by atoms with E-state index in [4.69, 9.17) is 15.1 Å². The molecule has 7 heteroatoms. The highest BCUT2D eigenvalue weighted by Gasteiger charge is 2.15. The van der Waals surface area contributed by atoms with Crippen LogP contribution in [0, 0.1) is 11.3 Å². The summed E-state index contributed by atoms with van der Waals surface area (Å²) in [4.78, 5) is 24.5. The molecule has 0 unspecified atom stereocenters. The van der Waals surface area contributed by atoms with E-state index in [9.17, 15) is 9.59 Å². The fourth-order valence-corrected chi connectivity index (χ4v) is 1.72. The third kappa shape index (κ3) is 4.38. The topological polar surface area (TPSA) is 103 Å². The molecule has 21 heavy (non-hydrogen) atoms. The Kier molecular flexibility index (Phi) is 6.01. The highest BCUT2D eigenvalue weighted by atomic mass is 16.5. The van der Waals surface area contributed by atoms with Gasteiger partial charge in [-0.1, -0.05) is 0 Å². The van der Waals surface area contributed by atoms with Gasteiger partial charge >= 0.3 is 12.0 Å². The van der Waals surface area contributed by atoms with Gasteiger partial charge in [-0.05, 0) is 25.1 Å². The van der Waals surface area contributed by atoms with E-state index in [1.54, 1.807) is 6.92 Å². The summed E-state index contributed by atoms with van der Waals surface area (Å²) in [5, 5.41) is 20.2. The number of hydrogen-bond donors (Lipinski definition) is 2. The minimum absolute atomic E-state index is 0.0474. The molecule has 1 rings (SSSR count). The highest BCUT2D eigenvalue weighted by Crippen LogP contribution is 2.25. The number of methoxy groups -OCH3 is 1. The molecule has 0 bridgehead atoms. The van der Waals surface area contributed by atoms with Crippen molar-refractivity contribution < 1.29 is 19.4 Å². The summed E-state index contributed by atoms with van der Waals surface area (Å²) in [5.41, 5.74) is 0.323. The number of nitrogens with one attached hydrogen (secondary N) is 1. The monoisotopic (exact) mass is 291 g/mol. The van der Waals surface area contributed by atoms with E-state index in [0.29, 0.717) is 18.8 Å². The lowest BCUT2D eigenvalue weighted by atomic mass is 10.2. The number of carbonyl (C=O) groups is 2.